The van der Waals surface area contributed by atoms with E-state index in [1.165, 1.54) is 0 Å². The molecule has 16 heavy (non-hydrogen) atoms. The highest BCUT2D eigenvalue weighted by atomic mass is 16.4. The van der Waals surface area contributed by atoms with Gasteiger partial charge in [-0.15, -0.1) is 0 Å². The molecule has 1 aliphatic heterocycles. The molecule has 0 radical (unpaired) electrons. The molecule has 6 heteroatoms. The van der Waals surface area contributed by atoms with Gasteiger partial charge in [0.2, 0.25) is 0 Å². The Morgan fingerprint density at radius 3 is 3.19 bits per heavy atom. The van der Waals surface area contributed by atoms with Crippen LogP contribution >= 0.6 is 0 Å². The zero-order valence-electron chi connectivity index (χ0n) is 8.71. The van der Waals surface area contributed by atoms with E-state index in [0.29, 0.717) is 6.42 Å². The van der Waals surface area contributed by atoms with Crippen LogP contribution in [-0.4, -0.2) is 30.2 Å². The monoisotopic (exact) mass is 218 g/mol. The lowest BCUT2D eigenvalue weighted by Crippen LogP contribution is -2.12. The predicted molar refractivity (Wildman–Crippen MR) is 54.5 cm³/mol. The van der Waals surface area contributed by atoms with Gasteiger partial charge < -0.3 is 9.67 Å². The number of rotatable bonds is 2. The van der Waals surface area contributed by atoms with Gasteiger partial charge in [0.15, 0.2) is 5.82 Å². The van der Waals surface area contributed by atoms with Crippen molar-refractivity contribution in [1.82, 2.24) is 19.1 Å². The fraction of sp³-hybridized carbons (Fsp3) is 0.300. The van der Waals surface area contributed by atoms with Gasteiger partial charge in [0, 0.05) is 12.4 Å². The second-order valence-electron chi connectivity index (χ2n) is 3.80. The van der Waals surface area contributed by atoms with Crippen LogP contribution in [-0.2, 0) is 17.8 Å². The standard InChI is InChI=1S/C10H10N4O2/c1-6-12-10-7(14(6)5-9(15)16)4-8-11-2-3-13(8)10/h2-3H,4-5H2,1H3,(H,15,16). The molecule has 3 heterocycles. The van der Waals surface area contributed by atoms with Crippen LogP contribution in [0.2, 0.25) is 0 Å². The Morgan fingerprint density at radius 1 is 1.62 bits per heavy atom. The van der Waals surface area contributed by atoms with Crippen molar-refractivity contribution in [3.8, 4) is 5.82 Å². The highest BCUT2D eigenvalue weighted by molar-refractivity contribution is 5.67. The van der Waals surface area contributed by atoms with Crippen LogP contribution in [0.4, 0.5) is 0 Å². The van der Waals surface area contributed by atoms with E-state index in [9.17, 15) is 4.79 Å². The quantitative estimate of drug-likeness (QED) is 0.674. The van der Waals surface area contributed by atoms with Gasteiger partial charge in [0.25, 0.3) is 0 Å². The number of hydrogen-bond donors (Lipinski definition) is 1. The number of imidazole rings is 2. The number of aromatic nitrogens is 4. The minimum atomic E-state index is -0.854. The van der Waals surface area contributed by atoms with Gasteiger partial charge in [-0.1, -0.05) is 0 Å². The van der Waals surface area contributed by atoms with E-state index in [1.807, 2.05) is 17.7 Å². The summed E-state index contributed by atoms with van der Waals surface area (Å²) in [5, 5.41) is 8.84. The summed E-state index contributed by atoms with van der Waals surface area (Å²) in [6.07, 6.45) is 4.22. The van der Waals surface area contributed by atoms with Crippen molar-refractivity contribution < 1.29 is 9.90 Å². The van der Waals surface area contributed by atoms with Gasteiger partial charge in [0.1, 0.15) is 18.2 Å². The van der Waals surface area contributed by atoms with Crippen molar-refractivity contribution in [1.29, 1.82) is 0 Å². The molecular formula is C10H10N4O2. The SMILES string of the molecule is Cc1nc2c(n1CC(=O)O)Cc1nccn1-2. The van der Waals surface area contributed by atoms with E-state index in [-0.39, 0.29) is 6.54 Å². The molecule has 6 nitrogen and oxygen atoms in total. The van der Waals surface area contributed by atoms with Gasteiger partial charge in [-0.25, -0.2) is 9.97 Å². The lowest BCUT2D eigenvalue weighted by molar-refractivity contribution is -0.137. The second kappa shape index (κ2) is 2.94. The summed E-state index contributed by atoms with van der Waals surface area (Å²) in [5.41, 5.74) is 0.933. The average molecular weight is 218 g/mol. The summed E-state index contributed by atoms with van der Waals surface area (Å²) >= 11 is 0. The smallest absolute Gasteiger partial charge is 0.323 e. The third kappa shape index (κ3) is 1.09. The molecule has 1 N–H and O–H groups in total. The van der Waals surface area contributed by atoms with E-state index in [4.69, 9.17) is 5.11 Å². The molecule has 0 aliphatic carbocycles. The molecule has 2 aromatic rings. The van der Waals surface area contributed by atoms with Crippen LogP contribution in [0.3, 0.4) is 0 Å². The lowest BCUT2D eigenvalue weighted by atomic mass is 10.3. The first-order chi connectivity index (χ1) is 7.66. The zero-order valence-corrected chi connectivity index (χ0v) is 8.71. The molecule has 0 bridgehead atoms. The van der Waals surface area contributed by atoms with Crippen LogP contribution in [0.15, 0.2) is 12.4 Å². The Labute approximate surface area is 91.2 Å². The van der Waals surface area contributed by atoms with E-state index in [2.05, 4.69) is 9.97 Å². The molecule has 82 valence electrons. The molecule has 0 amide bonds. The highest BCUT2D eigenvalue weighted by Gasteiger charge is 2.26. The third-order valence-electron chi connectivity index (χ3n) is 2.81. The first kappa shape index (κ1) is 9.14. The van der Waals surface area contributed by atoms with E-state index in [0.717, 1.165) is 23.2 Å². The van der Waals surface area contributed by atoms with Crippen molar-refractivity contribution in [2.45, 2.75) is 19.9 Å². The molecule has 0 aromatic carbocycles. The number of aryl methyl sites for hydroxylation is 1. The van der Waals surface area contributed by atoms with Gasteiger partial charge in [-0.2, -0.15) is 0 Å². The largest absolute Gasteiger partial charge is 0.480 e. The first-order valence-electron chi connectivity index (χ1n) is 4.97. The average Bonchev–Trinajstić information content (AvgIpc) is 2.82. The molecule has 0 saturated heterocycles. The summed E-state index contributed by atoms with van der Waals surface area (Å²) in [6, 6.07) is 0. The highest BCUT2D eigenvalue weighted by Crippen LogP contribution is 2.26. The number of nitrogens with zero attached hydrogens (tertiary/aromatic N) is 4. The molecular weight excluding hydrogens is 208 g/mol. The third-order valence-corrected chi connectivity index (χ3v) is 2.81. The van der Waals surface area contributed by atoms with Gasteiger partial charge in [0.05, 0.1) is 12.1 Å². The molecule has 0 atom stereocenters. The molecule has 0 spiro atoms. The Bertz CT molecular complexity index is 582. The maximum absolute atomic E-state index is 10.8. The summed E-state index contributed by atoms with van der Waals surface area (Å²) in [5.74, 6) is 1.60. The Morgan fingerprint density at radius 2 is 2.44 bits per heavy atom. The van der Waals surface area contributed by atoms with Crippen molar-refractivity contribution >= 4 is 5.97 Å². The van der Waals surface area contributed by atoms with Gasteiger partial charge >= 0.3 is 5.97 Å². The molecule has 3 rings (SSSR count). The fourth-order valence-corrected chi connectivity index (χ4v) is 2.11. The van der Waals surface area contributed by atoms with Crippen molar-refractivity contribution in [2.75, 3.05) is 0 Å². The first-order valence-corrected chi connectivity index (χ1v) is 4.97. The summed E-state index contributed by atoms with van der Waals surface area (Å²) in [4.78, 5) is 19.3. The summed E-state index contributed by atoms with van der Waals surface area (Å²) in [6.45, 7) is 1.77. The zero-order chi connectivity index (χ0) is 11.3. The van der Waals surface area contributed by atoms with Crippen molar-refractivity contribution in [3.05, 3.63) is 29.7 Å². The topological polar surface area (TPSA) is 72.9 Å². The molecule has 0 unspecified atom stereocenters. The van der Waals surface area contributed by atoms with Crippen LogP contribution in [0.5, 0.6) is 0 Å². The Hall–Kier alpha value is -2.11. The van der Waals surface area contributed by atoms with Crippen LogP contribution in [0.25, 0.3) is 5.82 Å². The van der Waals surface area contributed by atoms with E-state index < -0.39 is 5.97 Å². The Balaban J connectivity index is 2.13. The number of aliphatic carboxylic acids is 1. The fourth-order valence-electron chi connectivity index (χ4n) is 2.11. The number of hydrogen-bond acceptors (Lipinski definition) is 3. The second-order valence-corrected chi connectivity index (χ2v) is 3.80. The maximum Gasteiger partial charge on any atom is 0.323 e. The molecule has 1 aliphatic rings. The number of carboxylic acid groups (broad SMARTS) is 1. The Kier molecular flexibility index (Phi) is 1.68. The molecule has 0 saturated carbocycles. The normalized spacial score (nSPS) is 12.6. The minimum Gasteiger partial charge on any atom is -0.480 e. The van der Waals surface area contributed by atoms with Gasteiger partial charge in [-0.05, 0) is 6.92 Å². The molecule has 2 aromatic heterocycles. The van der Waals surface area contributed by atoms with Crippen LogP contribution in [0, 0.1) is 6.92 Å². The van der Waals surface area contributed by atoms with Gasteiger partial charge in [-0.3, -0.25) is 9.36 Å². The lowest BCUT2D eigenvalue weighted by Gasteiger charge is -2.03. The minimum absolute atomic E-state index is 0.0427. The van der Waals surface area contributed by atoms with E-state index >= 15 is 0 Å². The maximum atomic E-state index is 10.8. The van der Waals surface area contributed by atoms with E-state index in [1.54, 1.807) is 10.8 Å². The van der Waals surface area contributed by atoms with Crippen LogP contribution in [0.1, 0.15) is 17.3 Å². The van der Waals surface area contributed by atoms with Crippen LogP contribution < -0.4 is 0 Å². The number of carboxylic acids is 1. The number of fused-ring (bicyclic) bond motifs is 3. The van der Waals surface area contributed by atoms with Crippen molar-refractivity contribution in [2.24, 2.45) is 0 Å². The summed E-state index contributed by atoms with van der Waals surface area (Å²) in [7, 11) is 0. The van der Waals surface area contributed by atoms with Crippen molar-refractivity contribution in [3.63, 3.8) is 0 Å². The molecule has 0 fully saturated rings. The summed E-state index contributed by atoms with van der Waals surface area (Å²) < 4.78 is 3.63. The predicted octanol–water partition coefficient (Wildman–Crippen LogP) is 0.366. The number of carbonyl (C=O) groups is 1.